The first kappa shape index (κ1) is 74.4. The van der Waals surface area contributed by atoms with Crippen LogP contribution in [0.3, 0.4) is 0 Å². The Labute approximate surface area is 559 Å². The van der Waals surface area contributed by atoms with E-state index in [1.54, 1.807) is 76.2 Å². The number of hydrogen-bond acceptors (Lipinski definition) is 18. The molecule has 2 aromatic carbocycles. The van der Waals surface area contributed by atoms with Crippen LogP contribution in [0.15, 0.2) is 65.7 Å². The molecule has 1 saturated heterocycles. The number of para-hydroxylation sites is 1. The van der Waals surface area contributed by atoms with Crippen LogP contribution in [0.5, 0.6) is 0 Å². The van der Waals surface area contributed by atoms with E-state index in [1.807, 2.05) is 6.26 Å². The summed E-state index contributed by atoms with van der Waals surface area (Å²) >= 11 is 2.60. The van der Waals surface area contributed by atoms with E-state index in [2.05, 4.69) is 59.4 Å². The second kappa shape index (κ2) is 34.1. The van der Waals surface area contributed by atoms with Crippen LogP contribution in [0.1, 0.15) is 104 Å². The number of aliphatic hydroxyl groups excluding tert-OH is 3. The van der Waals surface area contributed by atoms with Crippen LogP contribution in [-0.2, 0) is 75.3 Å². The summed E-state index contributed by atoms with van der Waals surface area (Å²) in [5, 5.41) is 57.3. The Morgan fingerprint density at radius 3 is 2.13 bits per heavy atom. The van der Waals surface area contributed by atoms with E-state index in [0.717, 1.165) is 22.2 Å². The van der Waals surface area contributed by atoms with Crippen LogP contribution in [0.25, 0.3) is 10.9 Å². The highest BCUT2D eigenvalue weighted by Gasteiger charge is 2.45. The molecule has 13 N–H and O–H groups in total. The van der Waals surface area contributed by atoms with Crippen molar-refractivity contribution in [1.29, 1.82) is 0 Å². The Bertz CT molecular complexity index is 3400. The van der Waals surface area contributed by atoms with Gasteiger partial charge < -0.3 is 73.1 Å². The second-order valence-corrected chi connectivity index (χ2v) is 27.5. The number of aromatic nitrogens is 1. The van der Waals surface area contributed by atoms with Crippen LogP contribution < -0.4 is 47.9 Å². The molecule has 3 aromatic rings. The molecule has 4 aliphatic rings. The molecule has 27 nitrogen and oxygen atoms in total. The lowest BCUT2D eigenvalue weighted by atomic mass is 9.85. The Hall–Kier alpha value is -7.99. The van der Waals surface area contributed by atoms with Gasteiger partial charge in [-0.2, -0.15) is 11.8 Å². The van der Waals surface area contributed by atoms with Crippen LogP contribution in [-0.4, -0.2) is 194 Å². The Morgan fingerprint density at radius 1 is 0.779 bits per heavy atom. The van der Waals surface area contributed by atoms with Gasteiger partial charge in [0, 0.05) is 97.0 Å². The van der Waals surface area contributed by atoms with Gasteiger partial charge >= 0.3 is 0 Å². The average Bonchev–Trinajstić information content (AvgIpc) is 1.69. The van der Waals surface area contributed by atoms with Crippen molar-refractivity contribution >= 4 is 117 Å². The molecule has 14 atom stereocenters. The lowest BCUT2D eigenvalue weighted by Crippen LogP contribution is -2.56. The van der Waals surface area contributed by atoms with Gasteiger partial charge in [0.25, 0.3) is 0 Å². The Morgan fingerprint density at radius 2 is 1.46 bits per heavy atom. The normalized spacial score (nSPS) is 25.4. The third-order valence-corrected chi connectivity index (χ3v) is 20.4. The quantitative estimate of drug-likeness (QED) is 0.0731. The number of rotatable bonds is 19. The average molecular weight is 1360 g/mol. The predicted octanol–water partition coefficient (Wildman–Crippen LogP) is 0.612. The molecule has 7 rings (SSSR count). The van der Waals surface area contributed by atoms with Gasteiger partial charge in [-0.1, -0.05) is 83.5 Å². The monoisotopic (exact) mass is 1360 g/mol. The molecule has 1 saturated carbocycles. The van der Waals surface area contributed by atoms with Crippen molar-refractivity contribution in [2.45, 2.75) is 165 Å². The highest BCUT2D eigenvalue weighted by molar-refractivity contribution is 7.99. The third-order valence-electron chi connectivity index (χ3n) is 18.2. The Kier molecular flexibility index (Phi) is 26.7. The Balaban J connectivity index is 1.13. The fraction of sp³-hybridized carbons (Fsp3) is 0.561. The van der Waals surface area contributed by atoms with Gasteiger partial charge in [-0.3, -0.25) is 62.3 Å². The smallest absolute Gasteiger partial charge is 0.246 e. The van der Waals surface area contributed by atoms with Crippen LogP contribution >= 0.6 is 23.5 Å². The SMILES string of the molecule is C=C1C(SC)CC(=O)C1CCC(=O)NC(C(=O)N[C@@H](C)C(=O)Nc1ccc(CNC(=O)C[C@@H]2CC(=O)[C@@H]3CSc4[nH]c5ccccc5c4C[C@@H](CC(=O)[C@H]([C@@H](C)[C@@H](O)CO)NC(=O)[C@@H]4C[C@@H](O)CN4C2=O)C(=O)NCC(=O)N[C@@H]([C@@H](C)CC)C(=O)NCC(=O)N3)cc1)C(C)C. The van der Waals surface area contributed by atoms with E-state index in [1.165, 1.54) is 25.6 Å². The number of carbonyl (C=O) groups is 13. The van der Waals surface area contributed by atoms with Gasteiger partial charge in [0.05, 0.1) is 54.9 Å². The molecule has 10 amide bonds. The fourth-order valence-corrected chi connectivity index (χ4v) is 14.1. The van der Waals surface area contributed by atoms with Crippen molar-refractivity contribution in [3.63, 3.8) is 0 Å². The number of fused-ring (bicyclic) bond motifs is 5. The van der Waals surface area contributed by atoms with E-state index < -0.39 is 194 Å². The number of carbonyl (C=O) groups excluding carboxylic acids is 13. The third kappa shape index (κ3) is 19.6. The molecule has 3 aliphatic heterocycles. The first-order chi connectivity index (χ1) is 45.1. The summed E-state index contributed by atoms with van der Waals surface area (Å²) < 4.78 is 0. The standard InChI is InChI=1S/C66H89N11O16S2/c1-9-33(4)58-63(91)69-27-55(86)72-46-31-95-65-44(43-12-10-11-13-45(43)73-65)20-38(61(89)68-28-56(87)75-58)21-50(82)59(35(6)51(83)30-78)76-62(90)47-24-41(79)29-77(47)66(93)39(22-49(46)81)23-54(85)67-26-37-14-16-40(17-15-37)71-60(88)36(7)70-64(92)57(32(2)3)74-53(84)19-18-42-34(5)52(94-8)25-48(42)80/h10-17,32-33,35-36,38-39,41-42,46-47,51-52,57-59,73,78-79,83H,5,9,18-31H2,1-4,6-8H3,(H,67,85)(H,68,89)(H,69,91)(H,70,92)(H,71,88)(H,72,86)(H,74,84)(H,75,87)(H,76,90)/t33-,35-,36-,38-,39-,41+,42?,46-,47-,51-,52?,57?,58-,59-/m0/s1. The van der Waals surface area contributed by atoms with Crippen LogP contribution in [0.4, 0.5) is 5.69 Å². The summed E-state index contributed by atoms with van der Waals surface area (Å²) in [4.78, 5) is 186. The maximum Gasteiger partial charge on any atom is 0.246 e. The maximum atomic E-state index is 15.1. The number of Topliss-reactive ketones (excluding diaryl/α,β-unsaturated/α-hetero) is 3. The number of benzene rings is 2. The van der Waals surface area contributed by atoms with E-state index in [4.69, 9.17) is 0 Å². The van der Waals surface area contributed by atoms with E-state index in [-0.39, 0.29) is 54.9 Å². The summed E-state index contributed by atoms with van der Waals surface area (Å²) in [5.74, 6) is -14.5. The van der Waals surface area contributed by atoms with E-state index in [0.29, 0.717) is 45.6 Å². The zero-order chi connectivity index (χ0) is 69.5. The molecule has 1 aliphatic carbocycles. The molecule has 29 heteroatoms. The molecule has 2 fully saturated rings. The van der Waals surface area contributed by atoms with Gasteiger partial charge in [-0.15, -0.1) is 11.8 Å². The molecule has 0 radical (unpaired) electrons. The molecule has 95 heavy (non-hydrogen) atoms. The summed E-state index contributed by atoms with van der Waals surface area (Å²) in [6.07, 6.45) is -2.57. The number of amides is 10. The number of H-pyrrole nitrogens is 1. The second-order valence-electron chi connectivity index (χ2n) is 25.5. The van der Waals surface area contributed by atoms with Crippen molar-refractivity contribution in [1.82, 2.24) is 52.4 Å². The largest absolute Gasteiger partial charge is 0.394 e. The fourth-order valence-electron chi connectivity index (χ4n) is 12.2. The zero-order valence-electron chi connectivity index (χ0n) is 54.5. The molecule has 516 valence electrons. The number of anilines is 1. The van der Waals surface area contributed by atoms with Gasteiger partial charge in [-0.05, 0) is 67.2 Å². The molecule has 2 bridgehead atoms. The minimum Gasteiger partial charge on any atom is -0.394 e. The highest BCUT2D eigenvalue weighted by atomic mass is 32.2. The van der Waals surface area contributed by atoms with Gasteiger partial charge in [0.2, 0.25) is 59.1 Å². The minimum atomic E-state index is -1.63. The van der Waals surface area contributed by atoms with Crippen molar-refractivity contribution < 1.29 is 77.6 Å². The molecular formula is C66H89N11O16S2. The minimum absolute atomic E-state index is 0.00245. The van der Waals surface area contributed by atoms with Crippen molar-refractivity contribution in [3.8, 4) is 0 Å². The zero-order valence-corrected chi connectivity index (χ0v) is 56.1. The van der Waals surface area contributed by atoms with Crippen molar-refractivity contribution in [2.24, 2.45) is 35.5 Å². The topological polar surface area (TPSA) is 410 Å². The number of nitrogens with zero attached hydrogens (tertiary/aromatic N) is 1. The number of aromatic amines is 1. The summed E-state index contributed by atoms with van der Waals surface area (Å²) in [6, 6.07) is 5.44. The maximum absolute atomic E-state index is 15.1. The number of hydrogen-bond donors (Lipinski definition) is 13. The molecule has 1 aromatic heterocycles. The summed E-state index contributed by atoms with van der Waals surface area (Å²) in [7, 11) is 0. The van der Waals surface area contributed by atoms with Crippen molar-refractivity contribution in [2.75, 3.05) is 43.6 Å². The van der Waals surface area contributed by atoms with E-state index >= 15 is 9.59 Å². The van der Waals surface area contributed by atoms with Gasteiger partial charge in [0.1, 0.15) is 30.0 Å². The molecular weight excluding hydrogens is 1270 g/mol. The van der Waals surface area contributed by atoms with Gasteiger partial charge in [-0.25, -0.2) is 0 Å². The molecule has 4 heterocycles. The summed E-state index contributed by atoms with van der Waals surface area (Å²) in [6.45, 7) is 11.1. The number of aliphatic hydroxyl groups is 3. The van der Waals surface area contributed by atoms with Gasteiger partial charge in [0.15, 0.2) is 11.6 Å². The summed E-state index contributed by atoms with van der Waals surface area (Å²) in [5.41, 5.74) is 2.70. The van der Waals surface area contributed by atoms with Crippen LogP contribution in [0.2, 0.25) is 0 Å². The molecule has 0 spiro atoms. The number of ketones is 3. The number of thioether (sulfide) groups is 2. The first-order valence-electron chi connectivity index (χ1n) is 32.1. The van der Waals surface area contributed by atoms with Crippen molar-refractivity contribution in [3.05, 3.63) is 71.8 Å². The number of nitrogens with one attached hydrogen (secondary N) is 10. The van der Waals surface area contributed by atoms with Crippen LogP contribution in [0, 0.1) is 35.5 Å². The predicted molar refractivity (Wildman–Crippen MR) is 353 cm³/mol. The highest BCUT2D eigenvalue weighted by Crippen LogP contribution is 2.38. The van der Waals surface area contributed by atoms with E-state index in [9.17, 15) is 68.1 Å². The lowest BCUT2D eigenvalue weighted by molar-refractivity contribution is -0.145. The lowest BCUT2D eigenvalue weighted by Gasteiger charge is -2.32. The molecule has 3 unspecified atom stereocenters. The first-order valence-corrected chi connectivity index (χ1v) is 34.4.